The van der Waals surface area contributed by atoms with Gasteiger partial charge in [0.2, 0.25) is 17.7 Å². The van der Waals surface area contributed by atoms with Crippen molar-refractivity contribution < 1.29 is 14.4 Å². The monoisotopic (exact) mass is 807 g/mol. The van der Waals surface area contributed by atoms with E-state index in [-0.39, 0.29) is 29.8 Å². The Hall–Kier alpha value is -5.45. The summed E-state index contributed by atoms with van der Waals surface area (Å²) in [5.41, 5.74) is 6.30. The van der Waals surface area contributed by atoms with Crippen LogP contribution >= 0.6 is 22.7 Å². The highest BCUT2D eigenvalue weighted by Gasteiger charge is 2.37. The Kier molecular flexibility index (Phi) is 12.5. The van der Waals surface area contributed by atoms with Crippen LogP contribution in [0.15, 0.2) is 122 Å². The van der Waals surface area contributed by atoms with Crippen LogP contribution in [0, 0.1) is 0 Å². The molecule has 0 radical (unpaired) electrons. The Bertz CT molecular complexity index is 2310. The lowest BCUT2D eigenvalue weighted by Crippen LogP contribution is -2.42. The van der Waals surface area contributed by atoms with Crippen molar-refractivity contribution in [3.8, 4) is 32.0 Å². The summed E-state index contributed by atoms with van der Waals surface area (Å²) in [6.07, 6.45) is 11.2. The number of hydrogen-bond acceptors (Lipinski definition) is 7. The van der Waals surface area contributed by atoms with Gasteiger partial charge in [0.15, 0.2) is 0 Å². The molecule has 4 aromatic carbocycles. The fourth-order valence-electron chi connectivity index (χ4n) is 8.15. The van der Waals surface area contributed by atoms with Crippen LogP contribution in [0.4, 0.5) is 0 Å². The second kappa shape index (κ2) is 18.4. The molecule has 1 unspecified atom stereocenters. The molecular weight excluding hydrogens is 759 g/mol. The van der Waals surface area contributed by atoms with Gasteiger partial charge in [0.25, 0.3) is 0 Å². The van der Waals surface area contributed by atoms with E-state index in [1.54, 1.807) is 22.7 Å². The van der Waals surface area contributed by atoms with Gasteiger partial charge in [-0.2, -0.15) is 0 Å². The number of hydrogen-bond donors (Lipinski definition) is 1. The van der Waals surface area contributed by atoms with Crippen molar-refractivity contribution in [3.63, 3.8) is 0 Å². The van der Waals surface area contributed by atoms with Gasteiger partial charge in [0.1, 0.15) is 16.1 Å². The van der Waals surface area contributed by atoms with E-state index >= 15 is 0 Å². The highest BCUT2D eigenvalue weighted by atomic mass is 32.1. The van der Waals surface area contributed by atoms with Crippen LogP contribution in [0.25, 0.3) is 32.0 Å². The number of unbranched alkanes of at least 4 members (excludes halogenated alkanes) is 2. The number of amides is 3. The number of carbonyl (C=O) groups is 3. The summed E-state index contributed by atoms with van der Waals surface area (Å²) in [6, 6.07) is 35.9. The van der Waals surface area contributed by atoms with Gasteiger partial charge in [-0.05, 0) is 65.5 Å². The normalized spacial score (nSPS) is 17.1. The molecule has 0 spiro atoms. The van der Waals surface area contributed by atoms with Gasteiger partial charge in [0, 0.05) is 31.9 Å². The van der Waals surface area contributed by atoms with Gasteiger partial charge in [-0.25, -0.2) is 9.97 Å². The minimum absolute atomic E-state index is 0.0353. The number of nitrogens with one attached hydrogen (secondary N) is 1. The maximum Gasteiger partial charge on any atom is 0.250 e. The Morgan fingerprint density at radius 1 is 0.672 bits per heavy atom. The lowest BCUT2D eigenvalue weighted by molar-refractivity contribution is -0.137. The molecule has 10 heteroatoms. The predicted octanol–water partition coefficient (Wildman–Crippen LogP) is 10.6. The van der Waals surface area contributed by atoms with Crippen LogP contribution in [0.1, 0.15) is 97.6 Å². The van der Waals surface area contributed by atoms with Crippen LogP contribution in [0.5, 0.6) is 0 Å². The third-order valence-corrected chi connectivity index (χ3v) is 13.6. The van der Waals surface area contributed by atoms with Gasteiger partial charge < -0.3 is 15.1 Å². The molecule has 3 atom stereocenters. The summed E-state index contributed by atoms with van der Waals surface area (Å²) in [7, 11) is 0. The van der Waals surface area contributed by atoms with Crippen molar-refractivity contribution >= 4 is 40.4 Å². The first kappa shape index (κ1) is 39.4. The van der Waals surface area contributed by atoms with E-state index in [9.17, 15) is 14.4 Å². The molecule has 2 aliphatic rings. The van der Waals surface area contributed by atoms with E-state index in [4.69, 9.17) is 9.97 Å². The van der Waals surface area contributed by atoms with Gasteiger partial charge in [0.05, 0.1) is 28.3 Å². The largest absolute Gasteiger partial charge is 0.341 e. The van der Waals surface area contributed by atoms with Crippen LogP contribution in [-0.2, 0) is 20.8 Å². The number of likely N-dealkylation sites (tertiary alicyclic amines) is 2. The number of thiazole rings is 2. The first-order valence-electron chi connectivity index (χ1n) is 20.6. The van der Waals surface area contributed by atoms with E-state index in [2.05, 4.69) is 60.8 Å². The van der Waals surface area contributed by atoms with Crippen molar-refractivity contribution in [1.82, 2.24) is 25.1 Å². The maximum atomic E-state index is 14.2. The second-order valence-electron chi connectivity index (χ2n) is 15.2. The fourth-order valence-corrected chi connectivity index (χ4v) is 10.3. The van der Waals surface area contributed by atoms with E-state index < -0.39 is 6.04 Å². The smallest absolute Gasteiger partial charge is 0.250 e. The summed E-state index contributed by atoms with van der Waals surface area (Å²) in [4.78, 5) is 56.1. The number of nitrogens with zero attached hydrogens (tertiary/aromatic N) is 4. The van der Waals surface area contributed by atoms with Gasteiger partial charge >= 0.3 is 0 Å². The quantitative estimate of drug-likeness (QED) is 0.111. The van der Waals surface area contributed by atoms with E-state index in [1.807, 2.05) is 82.9 Å². The Balaban J connectivity index is 0.911. The Morgan fingerprint density at radius 3 is 1.76 bits per heavy atom. The van der Waals surface area contributed by atoms with E-state index in [1.165, 1.54) is 0 Å². The SMILES string of the molecule is CCCCCC(=O)N[C@H](C(=O)N1CCCC1c1ncc(-c2ccc(-c3ccc(-c4cnc([C@@H]5CCCN5C(=O)Cc5ccccc5)s4)cc3)cc2)s1)c1ccccc1. The highest BCUT2D eigenvalue weighted by molar-refractivity contribution is 7.15. The van der Waals surface area contributed by atoms with Gasteiger partial charge in [-0.3, -0.25) is 14.4 Å². The van der Waals surface area contributed by atoms with Crippen LogP contribution < -0.4 is 5.32 Å². The topological polar surface area (TPSA) is 95.5 Å². The van der Waals surface area contributed by atoms with Crippen LogP contribution in [0.2, 0.25) is 0 Å². The third-order valence-electron chi connectivity index (χ3n) is 11.3. The second-order valence-corrected chi connectivity index (χ2v) is 17.4. The molecule has 58 heavy (non-hydrogen) atoms. The molecule has 4 heterocycles. The maximum absolute atomic E-state index is 14.2. The van der Waals surface area contributed by atoms with Crippen molar-refractivity contribution in [3.05, 3.63) is 143 Å². The summed E-state index contributed by atoms with van der Waals surface area (Å²) in [5, 5.41) is 4.99. The molecular formula is C48H49N5O3S2. The molecule has 1 N–H and O–H groups in total. The zero-order valence-electron chi connectivity index (χ0n) is 32.9. The van der Waals surface area contributed by atoms with E-state index in [0.29, 0.717) is 19.4 Å². The first-order valence-corrected chi connectivity index (χ1v) is 22.2. The molecule has 3 amide bonds. The molecule has 8 nitrogen and oxygen atoms in total. The average Bonchev–Trinajstić information content (AvgIpc) is 4.11. The fraction of sp³-hybridized carbons (Fsp3) is 0.312. The van der Waals surface area contributed by atoms with Crippen LogP contribution in [-0.4, -0.2) is 50.6 Å². The van der Waals surface area contributed by atoms with Crippen molar-refractivity contribution in [1.29, 1.82) is 0 Å². The molecule has 2 saturated heterocycles. The first-order chi connectivity index (χ1) is 28.4. The molecule has 2 aromatic heterocycles. The molecule has 2 fully saturated rings. The number of carbonyl (C=O) groups excluding carboxylic acids is 3. The number of benzene rings is 4. The zero-order valence-corrected chi connectivity index (χ0v) is 34.5. The minimum Gasteiger partial charge on any atom is -0.341 e. The molecule has 6 aromatic rings. The third kappa shape index (κ3) is 8.98. The summed E-state index contributed by atoms with van der Waals surface area (Å²) >= 11 is 3.32. The molecule has 0 aliphatic carbocycles. The number of rotatable bonds is 14. The lowest BCUT2D eigenvalue weighted by Gasteiger charge is -2.28. The van der Waals surface area contributed by atoms with Crippen molar-refractivity contribution in [2.45, 2.75) is 82.8 Å². The summed E-state index contributed by atoms with van der Waals surface area (Å²) in [5.74, 6) is 0.00108. The number of aromatic nitrogens is 2. The molecule has 296 valence electrons. The zero-order chi connectivity index (χ0) is 39.8. The van der Waals surface area contributed by atoms with Crippen LogP contribution in [0.3, 0.4) is 0 Å². The molecule has 8 rings (SSSR count). The minimum atomic E-state index is -0.721. The van der Waals surface area contributed by atoms with E-state index in [0.717, 1.165) is 105 Å². The molecule has 2 aliphatic heterocycles. The average molecular weight is 808 g/mol. The lowest BCUT2D eigenvalue weighted by atomic mass is 10.0. The van der Waals surface area contributed by atoms with Crippen molar-refractivity contribution in [2.24, 2.45) is 0 Å². The molecule has 0 bridgehead atoms. The summed E-state index contributed by atoms with van der Waals surface area (Å²) < 4.78 is 0. The van der Waals surface area contributed by atoms with Crippen molar-refractivity contribution in [2.75, 3.05) is 13.1 Å². The predicted molar refractivity (Wildman–Crippen MR) is 233 cm³/mol. The summed E-state index contributed by atoms with van der Waals surface area (Å²) in [6.45, 7) is 3.53. The van der Waals surface area contributed by atoms with Gasteiger partial charge in [-0.1, -0.05) is 129 Å². The molecule has 0 saturated carbocycles. The standard InChI is InChI=1S/C48H49N5O3S2/c1-2-3-6-19-43(54)51-45(38-15-9-5-10-16-38)48(56)53-29-12-18-40(53)47-50-32-42(58-47)37-26-22-35(23-27-37)34-20-24-36(25-21-34)41-31-49-46(57-41)39-17-11-28-52(39)44(55)30-33-13-7-4-8-14-33/h4-5,7-10,13-16,20-27,31-32,39-40,45H,2-3,6,11-12,17-19,28-30H2,1H3,(H,51,54)/t39-,40?,45-/m0/s1. The Morgan fingerprint density at radius 2 is 1.19 bits per heavy atom. The Labute approximate surface area is 349 Å². The highest BCUT2D eigenvalue weighted by Crippen LogP contribution is 2.40. The van der Waals surface area contributed by atoms with Gasteiger partial charge in [-0.15, -0.1) is 22.7 Å².